The van der Waals surface area contributed by atoms with E-state index >= 15 is 0 Å². The second kappa shape index (κ2) is 6.56. The highest BCUT2D eigenvalue weighted by Gasteiger charge is 2.26. The summed E-state index contributed by atoms with van der Waals surface area (Å²) in [6.07, 6.45) is 3.72. The summed E-state index contributed by atoms with van der Waals surface area (Å²) in [5, 5.41) is 8.30. The second-order valence-electron chi connectivity index (χ2n) is 5.89. The first-order valence-electron chi connectivity index (χ1n) is 8.06. The van der Waals surface area contributed by atoms with Gasteiger partial charge in [-0.3, -0.25) is 4.68 Å². The monoisotopic (exact) mass is 341 g/mol. The molecule has 8 nitrogen and oxygen atoms in total. The van der Waals surface area contributed by atoms with Gasteiger partial charge in [-0.15, -0.1) is 0 Å². The number of anilines is 1. The number of aromatic nitrogens is 4. The van der Waals surface area contributed by atoms with Crippen molar-refractivity contribution in [2.75, 3.05) is 31.7 Å². The molecule has 130 valence electrons. The van der Waals surface area contributed by atoms with E-state index in [1.54, 1.807) is 11.8 Å². The van der Waals surface area contributed by atoms with Crippen molar-refractivity contribution in [2.24, 2.45) is 7.05 Å². The Morgan fingerprint density at radius 3 is 3.04 bits per heavy atom. The smallest absolute Gasteiger partial charge is 0.324 e. The fourth-order valence-electron chi connectivity index (χ4n) is 2.85. The number of hydrogen-bond donors (Lipinski definition) is 0. The van der Waals surface area contributed by atoms with Crippen LogP contribution in [0.3, 0.4) is 0 Å². The average Bonchev–Trinajstić information content (AvgIpc) is 3.31. The average molecular weight is 341 g/mol. The fraction of sp³-hybridized carbons (Fsp3) is 0.353. The van der Waals surface area contributed by atoms with Crippen LogP contribution in [0.15, 0.2) is 41.2 Å². The molecule has 25 heavy (non-hydrogen) atoms. The van der Waals surface area contributed by atoms with Gasteiger partial charge >= 0.3 is 6.01 Å². The highest BCUT2D eigenvalue weighted by Crippen LogP contribution is 2.27. The number of nitrogens with zero attached hydrogens (tertiary/aromatic N) is 5. The predicted octanol–water partition coefficient (Wildman–Crippen LogP) is 2.06. The number of hydrogen-bond acceptors (Lipinski definition) is 7. The fourth-order valence-corrected chi connectivity index (χ4v) is 2.85. The van der Waals surface area contributed by atoms with Gasteiger partial charge in [0.25, 0.3) is 0 Å². The van der Waals surface area contributed by atoms with E-state index < -0.39 is 0 Å². The topological polar surface area (TPSA) is 78.4 Å². The maximum Gasteiger partial charge on any atom is 0.324 e. The summed E-state index contributed by atoms with van der Waals surface area (Å²) in [5.41, 5.74) is 1.89. The minimum absolute atomic E-state index is 0.0605. The Bertz CT molecular complexity index is 859. The molecule has 3 aromatic rings. The van der Waals surface area contributed by atoms with E-state index in [0.717, 1.165) is 16.9 Å². The number of rotatable bonds is 4. The third kappa shape index (κ3) is 3.20. The van der Waals surface area contributed by atoms with Gasteiger partial charge in [-0.05, 0) is 12.1 Å². The summed E-state index contributed by atoms with van der Waals surface area (Å²) < 4.78 is 18.3. The van der Waals surface area contributed by atoms with Gasteiger partial charge in [0, 0.05) is 30.9 Å². The Hall–Kier alpha value is -2.87. The standard InChI is InChI=1S/C17H19N5O3/c1-21-10-13(9-18-21)15-11-22(6-7-24-15)17-19-16(20-25-17)12-4-3-5-14(8-12)23-2/h3-5,8-10,15H,6-7,11H2,1-2H3. The predicted molar refractivity (Wildman–Crippen MR) is 90.4 cm³/mol. The number of benzene rings is 1. The molecule has 1 unspecified atom stereocenters. The molecule has 1 aliphatic heterocycles. The van der Waals surface area contributed by atoms with Crippen molar-refractivity contribution in [1.82, 2.24) is 19.9 Å². The molecule has 0 N–H and O–H groups in total. The molecule has 8 heteroatoms. The zero-order chi connectivity index (χ0) is 17.2. The quantitative estimate of drug-likeness (QED) is 0.718. The third-order valence-corrected chi connectivity index (χ3v) is 4.18. The van der Waals surface area contributed by atoms with Crippen LogP contribution in [0.2, 0.25) is 0 Å². The van der Waals surface area contributed by atoms with Crippen molar-refractivity contribution < 1.29 is 14.0 Å². The van der Waals surface area contributed by atoms with Gasteiger partial charge in [0.1, 0.15) is 11.9 Å². The van der Waals surface area contributed by atoms with Crippen LogP contribution in [0.5, 0.6) is 5.75 Å². The van der Waals surface area contributed by atoms with Gasteiger partial charge in [-0.25, -0.2) is 0 Å². The summed E-state index contributed by atoms with van der Waals surface area (Å²) in [7, 11) is 3.52. The molecule has 4 rings (SSSR count). The number of methoxy groups -OCH3 is 1. The van der Waals surface area contributed by atoms with Crippen LogP contribution < -0.4 is 9.64 Å². The van der Waals surface area contributed by atoms with Crippen LogP contribution in [0, 0.1) is 0 Å². The van der Waals surface area contributed by atoms with Crippen LogP contribution in [0.25, 0.3) is 11.4 Å². The lowest BCUT2D eigenvalue weighted by Crippen LogP contribution is -2.38. The molecule has 0 aliphatic carbocycles. The van der Waals surface area contributed by atoms with Gasteiger partial charge < -0.3 is 18.9 Å². The Kier molecular flexibility index (Phi) is 4.10. The van der Waals surface area contributed by atoms with E-state index in [1.807, 2.05) is 48.6 Å². The van der Waals surface area contributed by atoms with E-state index in [9.17, 15) is 0 Å². The minimum atomic E-state index is -0.0605. The van der Waals surface area contributed by atoms with Crippen LogP contribution in [-0.2, 0) is 11.8 Å². The zero-order valence-electron chi connectivity index (χ0n) is 14.1. The maximum absolute atomic E-state index is 5.85. The molecule has 1 aromatic carbocycles. The molecule has 1 fully saturated rings. The molecule has 0 bridgehead atoms. The molecule has 0 spiro atoms. The molecule has 1 saturated heterocycles. The summed E-state index contributed by atoms with van der Waals surface area (Å²) in [5.74, 6) is 1.30. The molecule has 2 aromatic heterocycles. The van der Waals surface area contributed by atoms with Crippen LogP contribution in [-0.4, -0.2) is 46.7 Å². The highest BCUT2D eigenvalue weighted by atomic mass is 16.5. The normalized spacial score (nSPS) is 17.7. The molecule has 0 radical (unpaired) electrons. The van der Waals surface area contributed by atoms with E-state index in [-0.39, 0.29) is 6.10 Å². The van der Waals surface area contributed by atoms with Gasteiger partial charge in [0.2, 0.25) is 5.82 Å². The largest absolute Gasteiger partial charge is 0.497 e. The van der Waals surface area contributed by atoms with Crippen LogP contribution >= 0.6 is 0 Å². The lowest BCUT2D eigenvalue weighted by atomic mass is 10.1. The van der Waals surface area contributed by atoms with Gasteiger partial charge in [-0.2, -0.15) is 10.1 Å². The molecular weight excluding hydrogens is 322 g/mol. The SMILES string of the molecule is COc1cccc(-c2noc(N3CCOC(c4cnn(C)c4)C3)n2)c1. The molecule has 1 aliphatic rings. The molecule has 0 saturated carbocycles. The van der Waals surface area contributed by atoms with Gasteiger partial charge in [0.05, 0.1) is 26.5 Å². The van der Waals surface area contributed by atoms with E-state index in [0.29, 0.717) is 31.5 Å². The number of morpholine rings is 1. The van der Waals surface area contributed by atoms with Crippen molar-refractivity contribution in [3.8, 4) is 17.1 Å². The van der Waals surface area contributed by atoms with Crippen LogP contribution in [0.1, 0.15) is 11.7 Å². The van der Waals surface area contributed by atoms with Gasteiger partial charge in [0.15, 0.2) is 0 Å². The maximum atomic E-state index is 5.85. The first-order chi connectivity index (χ1) is 12.2. The van der Waals surface area contributed by atoms with E-state index in [2.05, 4.69) is 15.2 Å². The van der Waals surface area contributed by atoms with Crippen molar-refractivity contribution >= 4 is 6.01 Å². The first-order valence-corrected chi connectivity index (χ1v) is 8.06. The first kappa shape index (κ1) is 15.6. The zero-order valence-corrected chi connectivity index (χ0v) is 14.1. The van der Waals surface area contributed by atoms with Crippen molar-refractivity contribution in [2.45, 2.75) is 6.10 Å². The number of aryl methyl sites for hydroxylation is 1. The summed E-state index contributed by atoms with van der Waals surface area (Å²) in [6.45, 7) is 1.94. The molecule has 0 amide bonds. The molecule has 1 atom stereocenters. The minimum Gasteiger partial charge on any atom is -0.497 e. The lowest BCUT2D eigenvalue weighted by molar-refractivity contribution is 0.0376. The van der Waals surface area contributed by atoms with Crippen molar-refractivity contribution in [3.63, 3.8) is 0 Å². The second-order valence-corrected chi connectivity index (χ2v) is 5.89. The highest BCUT2D eigenvalue weighted by molar-refractivity contribution is 5.58. The number of ether oxygens (including phenoxy) is 2. The summed E-state index contributed by atoms with van der Waals surface area (Å²) >= 11 is 0. The van der Waals surface area contributed by atoms with Crippen molar-refractivity contribution in [1.29, 1.82) is 0 Å². The Morgan fingerprint density at radius 2 is 2.24 bits per heavy atom. The third-order valence-electron chi connectivity index (χ3n) is 4.18. The molecule has 3 heterocycles. The van der Waals surface area contributed by atoms with Gasteiger partial charge in [-0.1, -0.05) is 17.3 Å². The summed E-state index contributed by atoms with van der Waals surface area (Å²) in [6, 6.07) is 8.08. The van der Waals surface area contributed by atoms with E-state index in [1.165, 1.54) is 0 Å². The van der Waals surface area contributed by atoms with E-state index in [4.69, 9.17) is 14.0 Å². The lowest BCUT2D eigenvalue weighted by Gasteiger charge is -2.30. The Labute approximate surface area is 145 Å². The Balaban J connectivity index is 1.53. The van der Waals surface area contributed by atoms with Crippen LogP contribution in [0.4, 0.5) is 6.01 Å². The Morgan fingerprint density at radius 1 is 1.32 bits per heavy atom. The van der Waals surface area contributed by atoms with Crippen molar-refractivity contribution in [3.05, 3.63) is 42.2 Å². The summed E-state index contributed by atoms with van der Waals surface area (Å²) in [4.78, 5) is 6.57. The molecular formula is C17H19N5O3.